The molecule has 0 aromatic carbocycles. The van der Waals surface area contributed by atoms with E-state index in [0.29, 0.717) is 6.16 Å². The molecule has 3 unspecified atom stereocenters. The normalized spacial score (nSPS) is 49.2. The van der Waals surface area contributed by atoms with Gasteiger partial charge in [-0.3, -0.25) is 0 Å². The van der Waals surface area contributed by atoms with Gasteiger partial charge in [0.1, 0.15) is 18.3 Å². The number of hydrogen-bond acceptors (Lipinski definition) is 5. The molecule has 0 spiro atoms. The molecule has 5 nitrogen and oxygen atoms in total. The molecule has 0 bridgehead atoms. The lowest BCUT2D eigenvalue weighted by Gasteiger charge is -2.37. The minimum absolute atomic E-state index is 0.391. The molecular weight excluding hydrogens is 183 g/mol. The van der Waals surface area contributed by atoms with Crippen molar-refractivity contribution in [3.8, 4) is 0 Å². The first-order valence-electron chi connectivity index (χ1n) is 3.65. The number of ether oxygens (including phenoxy) is 1. The monoisotopic (exact) mass is 196 g/mol. The highest BCUT2D eigenvalue weighted by molar-refractivity contribution is 7.16. The molecule has 0 aromatic rings. The minimum atomic E-state index is -1.44. The largest absolute Gasteiger partial charge is 0.388 e. The van der Waals surface area contributed by atoms with E-state index < -0.39 is 30.7 Å². The summed E-state index contributed by atoms with van der Waals surface area (Å²) in [6.45, 7) is 0. The zero-order valence-corrected chi connectivity index (χ0v) is 7.52. The van der Waals surface area contributed by atoms with Gasteiger partial charge in [0.2, 0.25) is 0 Å². The van der Waals surface area contributed by atoms with Crippen LogP contribution in [0.5, 0.6) is 0 Å². The van der Waals surface area contributed by atoms with Crippen LogP contribution in [0.4, 0.5) is 0 Å². The summed E-state index contributed by atoms with van der Waals surface area (Å²) in [6, 6.07) is 0. The summed E-state index contributed by atoms with van der Waals surface area (Å²) >= 11 is 0. The van der Waals surface area contributed by atoms with E-state index in [2.05, 4.69) is 9.24 Å². The molecule has 4 N–H and O–H groups in total. The van der Waals surface area contributed by atoms with Gasteiger partial charge in [-0.2, -0.15) is 0 Å². The van der Waals surface area contributed by atoms with Crippen LogP contribution in [0.25, 0.3) is 0 Å². The van der Waals surface area contributed by atoms with E-state index in [1.165, 1.54) is 0 Å². The maximum Gasteiger partial charge on any atom is 0.183 e. The van der Waals surface area contributed by atoms with Gasteiger partial charge < -0.3 is 25.2 Å². The van der Waals surface area contributed by atoms with Crippen molar-refractivity contribution in [3.63, 3.8) is 0 Å². The van der Waals surface area contributed by atoms with E-state index >= 15 is 0 Å². The van der Waals surface area contributed by atoms with Crippen LogP contribution in [0, 0.1) is 0 Å². The van der Waals surface area contributed by atoms with Gasteiger partial charge in [-0.05, 0) is 6.16 Å². The molecule has 1 heterocycles. The summed E-state index contributed by atoms with van der Waals surface area (Å²) in [5.41, 5.74) is 0. The second-order valence-electron chi connectivity index (χ2n) is 2.77. The molecule has 12 heavy (non-hydrogen) atoms. The Morgan fingerprint density at radius 3 is 2.08 bits per heavy atom. The van der Waals surface area contributed by atoms with Gasteiger partial charge >= 0.3 is 0 Å². The molecule has 1 fully saturated rings. The first kappa shape index (κ1) is 10.3. The van der Waals surface area contributed by atoms with Crippen LogP contribution in [-0.2, 0) is 4.74 Å². The molecule has 0 saturated carbocycles. The predicted molar refractivity (Wildman–Crippen MR) is 43.5 cm³/mol. The average Bonchev–Trinajstić information content (AvgIpc) is 2.08. The Morgan fingerprint density at radius 1 is 1.00 bits per heavy atom. The second kappa shape index (κ2) is 3.96. The van der Waals surface area contributed by atoms with Gasteiger partial charge in [0.05, 0.1) is 6.10 Å². The van der Waals surface area contributed by atoms with Crippen molar-refractivity contribution in [3.05, 3.63) is 0 Å². The molecule has 6 heteroatoms. The Hall–Kier alpha value is 0.230. The van der Waals surface area contributed by atoms with Crippen LogP contribution in [0.1, 0.15) is 0 Å². The first-order chi connectivity index (χ1) is 5.57. The molecule has 0 radical (unpaired) electrons. The zero-order valence-electron chi connectivity index (χ0n) is 6.37. The second-order valence-corrected chi connectivity index (χ2v) is 3.24. The number of rotatable bonds is 1. The Morgan fingerprint density at radius 2 is 1.58 bits per heavy atom. The number of hydrogen-bond donors (Lipinski definition) is 4. The lowest BCUT2D eigenvalue weighted by Crippen LogP contribution is -2.57. The maximum atomic E-state index is 9.27. The fourth-order valence-electron chi connectivity index (χ4n) is 1.13. The van der Waals surface area contributed by atoms with Crippen molar-refractivity contribution in [1.82, 2.24) is 0 Å². The Kier molecular flexibility index (Phi) is 3.40. The quantitative estimate of drug-likeness (QED) is 0.353. The van der Waals surface area contributed by atoms with Crippen molar-refractivity contribution in [2.24, 2.45) is 0 Å². The Bertz CT molecular complexity index is 150. The first-order valence-corrected chi connectivity index (χ1v) is 4.47. The van der Waals surface area contributed by atoms with Crippen molar-refractivity contribution in [2.75, 3.05) is 6.16 Å². The van der Waals surface area contributed by atoms with Gasteiger partial charge in [-0.1, -0.05) is 0 Å². The molecule has 1 aliphatic rings. The minimum Gasteiger partial charge on any atom is -0.388 e. The molecule has 0 aliphatic carbocycles. The van der Waals surface area contributed by atoms with Crippen LogP contribution in [0.3, 0.4) is 0 Å². The fourth-order valence-corrected chi connectivity index (χ4v) is 1.52. The van der Waals surface area contributed by atoms with E-state index in [1.807, 2.05) is 0 Å². The lowest BCUT2D eigenvalue weighted by atomic mass is 10.0. The Balaban J connectivity index is 2.63. The van der Waals surface area contributed by atoms with Crippen LogP contribution in [0.2, 0.25) is 0 Å². The molecule has 0 amide bonds. The van der Waals surface area contributed by atoms with E-state index in [1.54, 1.807) is 0 Å². The third-order valence-corrected chi connectivity index (χ3v) is 2.38. The lowest BCUT2D eigenvalue weighted by molar-refractivity contribution is -0.276. The maximum absolute atomic E-state index is 9.27. The smallest absolute Gasteiger partial charge is 0.183 e. The molecule has 1 saturated heterocycles. The molecule has 6 atom stereocenters. The SMILES string of the molecule is OC1[C@H](O)OC(CP)[C@@H](O)[C@@H]1O. The molecule has 1 aliphatic heterocycles. The van der Waals surface area contributed by atoms with Crippen molar-refractivity contribution in [2.45, 2.75) is 30.7 Å². The van der Waals surface area contributed by atoms with Gasteiger partial charge in [-0.15, -0.1) is 9.24 Å². The van der Waals surface area contributed by atoms with Crippen molar-refractivity contribution < 1.29 is 25.2 Å². The van der Waals surface area contributed by atoms with E-state index in [4.69, 9.17) is 20.1 Å². The third-order valence-electron chi connectivity index (χ3n) is 1.92. The van der Waals surface area contributed by atoms with Crippen LogP contribution in [0.15, 0.2) is 0 Å². The third kappa shape index (κ3) is 1.76. The molecule has 1 rings (SSSR count). The van der Waals surface area contributed by atoms with Gasteiger partial charge in [-0.25, -0.2) is 0 Å². The van der Waals surface area contributed by atoms with Gasteiger partial charge in [0.25, 0.3) is 0 Å². The summed E-state index contributed by atoms with van der Waals surface area (Å²) in [5.74, 6) is 0. The Labute approximate surface area is 72.2 Å². The summed E-state index contributed by atoms with van der Waals surface area (Å²) in [5, 5.41) is 36.5. The number of aliphatic hydroxyl groups excluding tert-OH is 4. The highest BCUT2D eigenvalue weighted by Crippen LogP contribution is 2.20. The predicted octanol–water partition coefficient (Wildman–Crippen LogP) is -2.34. The van der Waals surface area contributed by atoms with Gasteiger partial charge in [0, 0.05) is 0 Å². The van der Waals surface area contributed by atoms with Crippen molar-refractivity contribution in [1.29, 1.82) is 0 Å². The molecule has 72 valence electrons. The van der Waals surface area contributed by atoms with E-state index in [9.17, 15) is 5.11 Å². The van der Waals surface area contributed by atoms with Gasteiger partial charge in [0.15, 0.2) is 6.29 Å². The van der Waals surface area contributed by atoms with Crippen LogP contribution < -0.4 is 0 Å². The fraction of sp³-hybridized carbons (Fsp3) is 1.00. The summed E-state index contributed by atoms with van der Waals surface area (Å²) in [4.78, 5) is 0. The zero-order chi connectivity index (χ0) is 9.30. The standard InChI is InChI=1S/C6H13O5P/c7-3-2(1-12)11-6(10)5(9)4(3)8/h2-10H,1,12H2/t2?,3-,4+,5?,6-/m1/s1. The summed E-state index contributed by atoms with van der Waals surface area (Å²) < 4.78 is 4.81. The summed E-state index contributed by atoms with van der Waals surface area (Å²) in [6.07, 6.45) is -5.62. The molecular formula is C6H13O5P. The highest BCUT2D eigenvalue weighted by atomic mass is 31.0. The highest BCUT2D eigenvalue weighted by Gasteiger charge is 2.41. The average molecular weight is 196 g/mol. The van der Waals surface area contributed by atoms with E-state index in [0.717, 1.165) is 0 Å². The van der Waals surface area contributed by atoms with E-state index in [-0.39, 0.29) is 0 Å². The van der Waals surface area contributed by atoms with Crippen LogP contribution in [-0.4, -0.2) is 57.3 Å². The number of aliphatic hydroxyl groups is 4. The van der Waals surface area contributed by atoms with Crippen molar-refractivity contribution >= 4 is 9.24 Å². The topological polar surface area (TPSA) is 90.2 Å². The van der Waals surface area contributed by atoms with Crippen LogP contribution >= 0.6 is 9.24 Å². The summed E-state index contributed by atoms with van der Waals surface area (Å²) in [7, 11) is 2.32. The molecule has 0 aromatic heterocycles.